The molecular formula is C17H22N4O2. The summed E-state index contributed by atoms with van der Waals surface area (Å²) in [5, 5.41) is 9.61. The number of hydrogen-bond donors (Lipinski definition) is 1. The van der Waals surface area contributed by atoms with Crippen LogP contribution in [0, 0.1) is 0 Å². The van der Waals surface area contributed by atoms with Crippen LogP contribution < -0.4 is 0 Å². The lowest BCUT2D eigenvalue weighted by Crippen LogP contribution is -2.09. The van der Waals surface area contributed by atoms with E-state index in [1.807, 2.05) is 30.8 Å². The van der Waals surface area contributed by atoms with E-state index >= 15 is 0 Å². The highest BCUT2D eigenvalue weighted by Crippen LogP contribution is 2.19. The Hall–Kier alpha value is -2.18. The van der Waals surface area contributed by atoms with Crippen LogP contribution in [0.4, 0.5) is 0 Å². The average Bonchev–Trinajstić information content (AvgIpc) is 3.20. The average molecular weight is 314 g/mol. The first-order valence-corrected chi connectivity index (χ1v) is 8.00. The van der Waals surface area contributed by atoms with Crippen molar-refractivity contribution in [3.63, 3.8) is 0 Å². The van der Waals surface area contributed by atoms with Crippen LogP contribution in [0.25, 0.3) is 10.9 Å². The second-order valence-electron chi connectivity index (χ2n) is 5.26. The maximum atomic E-state index is 5.55. The predicted molar refractivity (Wildman–Crippen MR) is 88.0 cm³/mol. The molecule has 2 aromatic heterocycles. The standard InChI is InChI=1S/C17H22N4O2/c1-3-22-17(23-4-2)16-12-21(20-19-16)10-9-13-11-18-15-8-6-5-7-14(13)15/h5-8,11-12,17-18H,3-4,9-10H2,1-2H3. The number of nitrogens with zero attached hydrogens (tertiary/aromatic N) is 3. The zero-order chi connectivity index (χ0) is 16.1. The molecule has 0 fully saturated rings. The van der Waals surface area contributed by atoms with E-state index in [4.69, 9.17) is 9.47 Å². The molecule has 0 aliphatic heterocycles. The van der Waals surface area contributed by atoms with E-state index in [0.717, 1.165) is 18.5 Å². The summed E-state index contributed by atoms with van der Waals surface area (Å²) in [6.45, 7) is 5.79. The third-order valence-electron chi connectivity index (χ3n) is 3.72. The van der Waals surface area contributed by atoms with E-state index in [1.54, 1.807) is 0 Å². The Morgan fingerprint density at radius 2 is 1.96 bits per heavy atom. The third kappa shape index (κ3) is 3.60. The molecule has 122 valence electrons. The minimum Gasteiger partial charge on any atom is -0.361 e. The van der Waals surface area contributed by atoms with Crippen molar-refractivity contribution in [2.75, 3.05) is 13.2 Å². The molecule has 0 aliphatic carbocycles. The molecule has 1 N–H and O–H groups in total. The Labute approximate surface area is 135 Å². The Kier molecular flexibility index (Phi) is 5.05. The Bertz CT molecular complexity index is 744. The molecule has 6 nitrogen and oxygen atoms in total. The molecule has 0 saturated heterocycles. The molecule has 2 heterocycles. The first-order valence-electron chi connectivity index (χ1n) is 8.00. The largest absolute Gasteiger partial charge is 0.361 e. The van der Waals surface area contributed by atoms with Crippen LogP contribution in [0.1, 0.15) is 31.4 Å². The SMILES string of the molecule is CCOC(OCC)c1cn(CCc2c[nH]c3ccccc23)nn1. The van der Waals surface area contributed by atoms with Crippen molar-refractivity contribution < 1.29 is 9.47 Å². The maximum Gasteiger partial charge on any atom is 0.204 e. The van der Waals surface area contributed by atoms with Crippen LogP contribution in [0.2, 0.25) is 0 Å². The van der Waals surface area contributed by atoms with Gasteiger partial charge in [-0.3, -0.25) is 4.68 Å². The monoisotopic (exact) mass is 314 g/mol. The van der Waals surface area contributed by atoms with Crippen LogP contribution >= 0.6 is 0 Å². The fraction of sp³-hybridized carbons (Fsp3) is 0.412. The number of aromatic amines is 1. The molecule has 0 bridgehead atoms. The number of ether oxygens (including phenoxy) is 2. The lowest BCUT2D eigenvalue weighted by Gasteiger charge is -2.13. The summed E-state index contributed by atoms with van der Waals surface area (Å²) in [5.74, 6) is 0. The summed E-state index contributed by atoms with van der Waals surface area (Å²) in [5.41, 5.74) is 3.16. The van der Waals surface area contributed by atoms with Crippen molar-refractivity contribution in [3.8, 4) is 0 Å². The number of H-pyrrole nitrogens is 1. The fourth-order valence-corrected chi connectivity index (χ4v) is 2.63. The van der Waals surface area contributed by atoms with Crippen molar-refractivity contribution in [2.24, 2.45) is 0 Å². The molecule has 0 aliphatic rings. The molecule has 0 saturated carbocycles. The topological polar surface area (TPSA) is 65.0 Å². The summed E-state index contributed by atoms with van der Waals surface area (Å²) in [7, 11) is 0. The van der Waals surface area contributed by atoms with Crippen molar-refractivity contribution in [3.05, 3.63) is 47.9 Å². The minimum absolute atomic E-state index is 0.438. The fourth-order valence-electron chi connectivity index (χ4n) is 2.63. The highest BCUT2D eigenvalue weighted by atomic mass is 16.7. The van der Waals surface area contributed by atoms with Crippen molar-refractivity contribution in [2.45, 2.75) is 33.1 Å². The van der Waals surface area contributed by atoms with Gasteiger partial charge in [-0.25, -0.2) is 0 Å². The number of fused-ring (bicyclic) bond motifs is 1. The van der Waals surface area contributed by atoms with E-state index in [-0.39, 0.29) is 0 Å². The number of hydrogen-bond acceptors (Lipinski definition) is 4. The van der Waals surface area contributed by atoms with Crippen LogP contribution in [0.5, 0.6) is 0 Å². The van der Waals surface area contributed by atoms with E-state index < -0.39 is 6.29 Å². The summed E-state index contributed by atoms with van der Waals surface area (Å²) < 4.78 is 12.9. The van der Waals surface area contributed by atoms with Gasteiger partial charge in [0.2, 0.25) is 6.29 Å². The molecule has 0 unspecified atom stereocenters. The summed E-state index contributed by atoms with van der Waals surface area (Å²) in [6.07, 6.45) is 4.41. The molecule has 0 amide bonds. The molecule has 3 aromatic rings. The van der Waals surface area contributed by atoms with Crippen LogP contribution in [0.3, 0.4) is 0 Å². The van der Waals surface area contributed by atoms with Gasteiger partial charge < -0.3 is 14.5 Å². The van der Waals surface area contributed by atoms with E-state index in [1.165, 1.54) is 10.9 Å². The van der Waals surface area contributed by atoms with Gasteiger partial charge in [0, 0.05) is 36.9 Å². The maximum absolute atomic E-state index is 5.55. The summed E-state index contributed by atoms with van der Waals surface area (Å²) in [6, 6.07) is 8.31. The number of benzene rings is 1. The lowest BCUT2D eigenvalue weighted by molar-refractivity contribution is -0.142. The summed E-state index contributed by atoms with van der Waals surface area (Å²) >= 11 is 0. The van der Waals surface area contributed by atoms with Gasteiger partial charge in [0.15, 0.2) is 0 Å². The van der Waals surface area contributed by atoms with E-state index in [2.05, 4.69) is 39.7 Å². The number of nitrogens with one attached hydrogen (secondary N) is 1. The van der Waals surface area contributed by atoms with Gasteiger partial charge in [0.05, 0.1) is 6.20 Å². The van der Waals surface area contributed by atoms with Gasteiger partial charge in [0.25, 0.3) is 0 Å². The highest BCUT2D eigenvalue weighted by Gasteiger charge is 2.15. The quantitative estimate of drug-likeness (QED) is 0.649. The zero-order valence-electron chi connectivity index (χ0n) is 13.5. The number of aromatic nitrogens is 4. The van der Waals surface area contributed by atoms with Crippen molar-refractivity contribution in [1.29, 1.82) is 0 Å². The molecule has 6 heteroatoms. The number of rotatable bonds is 8. The molecule has 0 atom stereocenters. The smallest absolute Gasteiger partial charge is 0.204 e. The van der Waals surface area contributed by atoms with Gasteiger partial charge in [0.1, 0.15) is 5.69 Å². The molecule has 1 aromatic carbocycles. The first-order chi connectivity index (χ1) is 11.3. The molecule has 0 radical (unpaired) electrons. The Morgan fingerprint density at radius 1 is 1.17 bits per heavy atom. The predicted octanol–water partition coefficient (Wildman–Crippen LogP) is 3.07. The third-order valence-corrected chi connectivity index (χ3v) is 3.72. The summed E-state index contributed by atoms with van der Waals surface area (Å²) in [4.78, 5) is 3.30. The lowest BCUT2D eigenvalue weighted by atomic mass is 10.1. The normalized spacial score (nSPS) is 11.6. The van der Waals surface area contributed by atoms with Gasteiger partial charge in [-0.05, 0) is 31.9 Å². The highest BCUT2D eigenvalue weighted by molar-refractivity contribution is 5.82. The van der Waals surface area contributed by atoms with E-state index in [0.29, 0.717) is 18.9 Å². The molecule has 0 spiro atoms. The second-order valence-corrected chi connectivity index (χ2v) is 5.26. The Balaban J connectivity index is 1.67. The first kappa shape index (κ1) is 15.7. The van der Waals surface area contributed by atoms with Crippen molar-refractivity contribution in [1.82, 2.24) is 20.0 Å². The molecular weight excluding hydrogens is 292 g/mol. The Morgan fingerprint density at radius 3 is 2.74 bits per heavy atom. The number of aryl methyl sites for hydroxylation is 2. The van der Waals surface area contributed by atoms with E-state index in [9.17, 15) is 0 Å². The van der Waals surface area contributed by atoms with Crippen LogP contribution in [-0.4, -0.2) is 33.2 Å². The molecule has 3 rings (SSSR count). The second kappa shape index (κ2) is 7.39. The van der Waals surface area contributed by atoms with Gasteiger partial charge in [-0.1, -0.05) is 23.4 Å². The molecule has 23 heavy (non-hydrogen) atoms. The van der Waals surface area contributed by atoms with Crippen molar-refractivity contribution >= 4 is 10.9 Å². The number of para-hydroxylation sites is 1. The van der Waals surface area contributed by atoms with Gasteiger partial charge in [-0.15, -0.1) is 5.10 Å². The zero-order valence-corrected chi connectivity index (χ0v) is 13.5. The van der Waals surface area contributed by atoms with Crippen LogP contribution in [-0.2, 0) is 22.4 Å². The van der Waals surface area contributed by atoms with Gasteiger partial charge in [-0.2, -0.15) is 0 Å². The van der Waals surface area contributed by atoms with Gasteiger partial charge >= 0.3 is 0 Å². The minimum atomic E-state index is -0.438. The van der Waals surface area contributed by atoms with Crippen LogP contribution in [0.15, 0.2) is 36.7 Å².